The summed E-state index contributed by atoms with van der Waals surface area (Å²) in [7, 11) is 0. The van der Waals surface area contributed by atoms with Crippen LogP contribution in [0.5, 0.6) is 0 Å². The molecular weight excluding hydrogens is 338 g/mol. The van der Waals surface area contributed by atoms with Gasteiger partial charge in [0.1, 0.15) is 0 Å². The highest BCUT2D eigenvalue weighted by atomic mass is 16.2. The van der Waals surface area contributed by atoms with Crippen LogP contribution in [-0.4, -0.2) is 51.8 Å². The van der Waals surface area contributed by atoms with Crippen LogP contribution in [0.15, 0.2) is 48.7 Å². The first-order valence-corrected chi connectivity index (χ1v) is 9.74. The predicted molar refractivity (Wildman–Crippen MR) is 104 cm³/mol. The van der Waals surface area contributed by atoms with Crippen molar-refractivity contribution < 1.29 is 4.79 Å². The Morgan fingerprint density at radius 2 is 1.81 bits per heavy atom. The highest BCUT2D eigenvalue weighted by Gasteiger charge is 2.31. The van der Waals surface area contributed by atoms with Crippen LogP contribution < -0.4 is 4.90 Å². The van der Waals surface area contributed by atoms with E-state index < -0.39 is 0 Å². The van der Waals surface area contributed by atoms with Crippen molar-refractivity contribution in [1.29, 1.82) is 0 Å². The summed E-state index contributed by atoms with van der Waals surface area (Å²) < 4.78 is 1.89. The highest BCUT2D eigenvalue weighted by Crippen LogP contribution is 2.30. The molecule has 0 radical (unpaired) electrons. The number of nitrogens with zero attached hydrogens (tertiary/aromatic N) is 5. The molecule has 4 heterocycles. The number of fused-ring (bicyclic) bond motifs is 1. The summed E-state index contributed by atoms with van der Waals surface area (Å²) in [5, 5.41) is 8.83. The molecule has 138 valence electrons. The smallest absolute Gasteiger partial charge is 0.253 e. The minimum Gasteiger partial charge on any atom is -0.370 e. The van der Waals surface area contributed by atoms with Crippen molar-refractivity contribution in [3.05, 3.63) is 59.9 Å². The lowest BCUT2D eigenvalue weighted by Crippen LogP contribution is -2.28. The summed E-state index contributed by atoms with van der Waals surface area (Å²) in [6, 6.07) is 13.8. The van der Waals surface area contributed by atoms with Gasteiger partial charge in [-0.05, 0) is 43.5 Å². The number of likely N-dealkylation sites (tertiary alicyclic amines) is 1. The van der Waals surface area contributed by atoms with E-state index in [2.05, 4.69) is 33.5 Å². The van der Waals surface area contributed by atoms with Gasteiger partial charge in [0.15, 0.2) is 0 Å². The van der Waals surface area contributed by atoms with Gasteiger partial charge in [0.2, 0.25) is 0 Å². The quantitative estimate of drug-likeness (QED) is 0.720. The van der Waals surface area contributed by atoms with Crippen molar-refractivity contribution in [3.63, 3.8) is 0 Å². The predicted octanol–water partition coefficient (Wildman–Crippen LogP) is 2.96. The van der Waals surface area contributed by atoms with Crippen LogP contribution in [0.3, 0.4) is 0 Å². The van der Waals surface area contributed by atoms with E-state index in [0.717, 1.165) is 42.8 Å². The van der Waals surface area contributed by atoms with Crippen LogP contribution in [0, 0.1) is 0 Å². The molecule has 1 aromatic carbocycles. The Hall–Kier alpha value is -2.89. The molecule has 6 nitrogen and oxygen atoms in total. The molecular formula is C21H23N5O. The molecule has 0 saturated carbocycles. The molecule has 1 amide bonds. The Kier molecular flexibility index (Phi) is 4.03. The molecule has 27 heavy (non-hydrogen) atoms. The van der Waals surface area contributed by atoms with Crippen molar-refractivity contribution in [3.8, 4) is 0 Å². The number of carbonyl (C=O) groups is 1. The average molecular weight is 361 g/mol. The van der Waals surface area contributed by atoms with E-state index in [1.807, 2.05) is 39.7 Å². The molecule has 2 fully saturated rings. The van der Waals surface area contributed by atoms with Crippen molar-refractivity contribution >= 4 is 17.1 Å². The molecule has 2 aromatic heterocycles. The monoisotopic (exact) mass is 361 g/mol. The van der Waals surface area contributed by atoms with Gasteiger partial charge in [-0.1, -0.05) is 23.4 Å². The number of anilines is 1. The van der Waals surface area contributed by atoms with Gasteiger partial charge in [0, 0.05) is 37.7 Å². The zero-order chi connectivity index (χ0) is 18.2. The molecule has 0 spiro atoms. The number of benzene rings is 1. The molecule has 3 aromatic rings. The molecule has 0 unspecified atom stereocenters. The molecule has 0 bridgehead atoms. The maximum absolute atomic E-state index is 12.7. The normalized spacial score (nSPS) is 19.9. The largest absolute Gasteiger partial charge is 0.370 e. The lowest BCUT2D eigenvalue weighted by Gasteiger charge is -2.17. The third kappa shape index (κ3) is 2.95. The van der Waals surface area contributed by atoms with Crippen LogP contribution in [0.4, 0.5) is 5.69 Å². The van der Waals surface area contributed by atoms with E-state index in [0.29, 0.717) is 6.54 Å². The average Bonchev–Trinajstić information content (AvgIpc) is 3.47. The summed E-state index contributed by atoms with van der Waals surface area (Å²) in [4.78, 5) is 17.0. The van der Waals surface area contributed by atoms with Crippen LogP contribution in [0.25, 0.3) is 5.52 Å². The first-order valence-electron chi connectivity index (χ1n) is 9.74. The van der Waals surface area contributed by atoms with Crippen LogP contribution in [0.1, 0.15) is 41.2 Å². The Morgan fingerprint density at radius 3 is 2.63 bits per heavy atom. The molecule has 0 N–H and O–H groups in total. The summed E-state index contributed by atoms with van der Waals surface area (Å²) in [5.74, 6) is 0.346. The van der Waals surface area contributed by atoms with Gasteiger partial charge in [0.25, 0.3) is 5.91 Å². The number of aromatic nitrogens is 3. The summed E-state index contributed by atoms with van der Waals surface area (Å²) >= 11 is 0. The van der Waals surface area contributed by atoms with E-state index in [1.54, 1.807) is 0 Å². The van der Waals surface area contributed by atoms with E-state index in [9.17, 15) is 4.79 Å². The summed E-state index contributed by atoms with van der Waals surface area (Å²) in [6.07, 6.45) is 5.53. The van der Waals surface area contributed by atoms with Crippen LogP contribution >= 0.6 is 0 Å². The number of hydrogen-bond donors (Lipinski definition) is 0. The SMILES string of the molecule is O=C(c1ccccc1)N1CC[C@@H](c2nnn3cc(N4CCCC4)ccc23)C1. The van der Waals surface area contributed by atoms with Crippen LogP contribution in [-0.2, 0) is 0 Å². The molecule has 2 saturated heterocycles. The molecule has 2 aliphatic rings. The molecule has 2 aliphatic heterocycles. The van der Waals surface area contributed by atoms with Gasteiger partial charge >= 0.3 is 0 Å². The Bertz CT molecular complexity index is 961. The van der Waals surface area contributed by atoms with Gasteiger partial charge < -0.3 is 9.80 Å². The van der Waals surface area contributed by atoms with Gasteiger partial charge in [-0.25, -0.2) is 4.52 Å². The minimum absolute atomic E-state index is 0.103. The second-order valence-electron chi connectivity index (χ2n) is 7.49. The van der Waals surface area contributed by atoms with Crippen molar-refractivity contribution in [1.82, 2.24) is 19.7 Å². The number of pyridine rings is 1. The lowest BCUT2D eigenvalue weighted by molar-refractivity contribution is 0.0790. The number of rotatable bonds is 3. The third-order valence-corrected chi connectivity index (χ3v) is 5.78. The second-order valence-corrected chi connectivity index (χ2v) is 7.49. The number of hydrogen-bond acceptors (Lipinski definition) is 4. The summed E-state index contributed by atoms with van der Waals surface area (Å²) in [5.41, 5.74) is 4.02. The fraction of sp³-hybridized carbons (Fsp3) is 0.381. The van der Waals surface area contributed by atoms with Crippen molar-refractivity contribution in [2.24, 2.45) is 0 Å². The molecule has 1 atom stereocenters. The molecule has 5 rings (SSSR count). The van der Waals surface area contributed by atoms with Crippen molar-refractivity contribution in [2.75, 3.05) is 31.1 Å². The van der Waals surface area contributed by atoms with E-state index >= 15 is 0 Å². The van der Waals surface area contributed by atoms with E-state index in [4.69, 9.17) is 0 Å². The topological polar surface area (TPSA) is 53.7 Å². The second kappa shape index (κ2) is 6.68. The van der Waals surface area contributed by atoms with E-state index in [1.165, 1.54) is 18.5 Å². The maximum atomic E-state index is 12.7. The fourth-order valence-electron chi connectivity index (χ4n) is 4.29. The Balaban J connectivity index is 1.36. The first kappa shape index (κ1) is 16.3. The summed E-state index contributed by atoms with van der Waals surface area (Å²) in [6.45, 7) is 3.71. The third-order valence-electron chi connectivity index (χ3n) is 5.78. The zero-order valence-corrected chi connectivity index (χ0v) is 15.3. The number of amides is 1. The molecule has 6 heteroatoms. The number of carbonyl (C=O) groups excluding carboxylic acids is 1. The Morgan fingerprint density at radius 1 is 1.00 bits per heavy atom. The van der Waals surface area contributed by atoms with Crippen LogP contribution in [0.2, 0.25) is 0 Å². The standard InChI is InChI=1S/C21H23N5O/c27-21(16-6-2-1-3-7-16)25-13-10-17(14-25)20-19-9-8-18(15-26(19)23-22-20)24-11-4-5-12-24/h1-3,6-9,15,17H,4-5,10-14H2/t17-/m1/s1. The first-order chi connectivity index (χ1) is 13.3. The van der Waals surface area contributed by atoms with Gasteiger partial charge in [0.05, 0.1) is 23.1 Å². The zero-order valence-electron chi connectivity index (χ0n) is 15.3. The maximum Gasteiger partial charge on any atom is 0.253 e. The minimum atomic E-state index is 0.103. The van der Waals surface area contributed by atoms with Gasteiger partial charge in [-0.3, -0.25) is 4.79 Å². The lowest BCUT2D eigenvalue weighted by atomic mass is 10.0. The van der Waals surface area contributed by atoms with Gasteiger partial charge in [-0.15, -0.1) is 5.10 Å². The highest BCUT2D eigenvalue weighted by molar-refractivity contribution is 5.94. The fourth-order valence-corrected chi connectivity index (χ4v) is 4.29. The van der Waals surface area contributed by atoms with E-state index in [-0.39, 0.29) is 11.8 Å². The molecule has 0 aliphatic carbocycles. The Labute approximate surface area is 158 Å². The van der Waals surface area contributed by atoms with Crippen molar-refractivity contribution in [2.45, 2.75) is 25.2 Å². The van der Waals surface area contributed by atoms with Gasteiger partial charge in [-0.2, -0.15) is 0 Å².